The van der Waals surface area contributed by atoms with Crippen molar-refractivity contribution in [2.45, 2.75) is 50.5 Å². The number of carbonyl (C=O) groups excluding carboxylic acids is 1. The van der Waals surface area contributed by atoms with Gasteiger partial charge in [-0.15, -0.1) is 0 Å². The monoisotopic (exact) mass is 399 g/mol. The number of likely N-dealkylation sites (tertiary alicyclic amines) is 1. The van der Waals surface area contributed by atoms with E-state index in [0.717, 1.165) is 43.9 Å². The van der Waals surface area contributed by atoms with Crippen LogP contribution in [0.15, 0.2) is 24.3 Å². The Morgan fingerprint density at radius 3 is 2.46 bits per heavy atom. The zero-order valence-corrected chi connectivity index (χ0v) is 16.9. The molecular weight excluding hydrogens is 374 g/mol. The van der Waals surface area contributed by atoms with Crippen molar-refractivity contribution in [3.05, 3.63) is 34.9 Å². The molecule has 1 aliphatic carbocycles. The molecule has 0 spiro atoms. The average Bonchev–Trinajstić information content (AvgIpc) is 2.54. The Bertz CT molecular complexity index is 758. The lowest BCUT2D eigenvalue weighted by Gasteiger charge is -2.48. The van der Waals surface area contributed by atoms with Gasteiger partial charge in [0, 0.05) is 23.5 Å². The maximum absolute atomic E-state index is 13.5. The van der Waals surface area contributed by atoms with Gasteiger partial charge in [-0.1, -0.05) is 30.2 Å². The number of amides is 1. The van der Waals surface area contributed by atoms with Crippen LogP contribution >= 0.6 is 11.6 Å². The zero-order valence-electron chi connectivity index (χ0n) is 15.3. The van der Waals surface area contributed by atoms with E-state index in [1.807, 2.05) is 29.2 Å². The SMILES string of the molecule is C[C@H]1CC[C@@H](COS(C)(=O)=O)CN1C(=O)C1(c2ccc(Cl)cc2)CCC1. The molecule has 2 aliphatic rings. The molecule has 7 heteroatoms. The molecule has 0 bridgehead atoms. The molecular formula is C19H26ClNO4S. The molecule has 0 radical (unpaired) electrons. The Morgan fingerprint density at radius 1 is 1.27 bits per heavy atom. The summed E-state index contributed by atoms with van der Waals surface area (Å²) in [7, 11) is -3.46. The normalized spacial score (nSPS) is 25.6. The molecule has 1 heterocycles. The van der Waals surface area contributed by atoms with E-state index in [2.05, 4.69) is 6.92 Å². The first kappa shape index (κ1) is 19.6. The molecule has 5 nitrogen and oxygen atoms in total. The van der Waals surface area contributed by atoms with Crippen LogP contribution in [0, 0.1) is 5.92 Å². The highest BCUT2D eigenvalue weighted by Crippen LogP contribution is 2.46. The predicted octanol–water partition coefficient (Wildman–Crippen LogP) is 3.37. The van der Waals surface area contributed by atoms with Gasteiger partial charge >= 0.3 is 0 Å². The minimum atomic E-state index is -3.46. The molecule has 2 atom stereocenters. The number of hydrogen-bond acceptors (Lipinski definition) is 4. The fourth-order valence-corrected chi connectivity index (χ4v) is 4.59. The van der Waals surface area contributed by atoms with Crippen molar-refractivity contribution in [3.8, 4) is 0 Å². The fourth-order valence-electron chi connectivity index (χ4n) is 4.02. The van der Waals surface area contributed by atoms with Gasteiger partial charge in [0.05, 0.1) is 18.3 Å². The van der Waals surface area contributed by atoms with Crippen LogP contribution in [0.5, 0.6) is 0 Å². The van der Waals surface area contributed by atoms with Crippen LogP contribution in [0.1, 0.15) is 44.6 Å². The molecule has 1 aromatic carbocycles. The van der Waals surface area contributed by atoms with E-state index in [-0.39, 0.29) is 24.5 Å². The van der Waals surface area contributed by atoms with Crippen LogP contribution in [0.2, 0.25) is 5.02 Å². The lowest BCUT2D eigenvalue weighted by atomic mass is 9.63. The second-order valence-electron chi connectivity index (χ2n) is 7.68. The highest BCUT2D eigenvalue weighted by Gasteiger charge is 2.49. The Hall–Kier alpha value is -1.11. The molecule has 1 aromatic rings. The summed E-state index contributed by atoms with van der Waals surface area (Å²) in [5.74, 6) is 0.204. The summed E-state index contributed by atoms with van der Waals surface area (Å²) >= 11 is 6.01. The second-order valence-corrected chi connectivity index (χ2v) is 9.76. The minimum Gasteiger partial charge on any atom is -0.339 e. The number of benzene rings is 1. The van der Waals surface area contributed by atoms with Crippen LogP contribution in [-0.4, -0.2) is 44.7 Å². The van der Waals surface area contributed by atoms with Crippen LogP contribution in [0.3, 0.4) is 0 Å². The molecule has 26 heavy (non-hydrogen) atoms. The van der Waals surface area contributed by atoms with Gasteiger partial charge in [-0.05, 0) is 50.3 Å². The van der Waals surface area contributed by atoms with E-state index in [1.165, 1.54) is 0 Å². The lowest BCUT2D eigenvalue weighted by molar-refractivity contribution is -0.145. The van der Waals surface area contributed by atoms with Crippen LogP contribution in [0.25, 0.3) is 0 Å². The molecule has 2 fully saturated rings. The summed E-state index contributed by atoms with van der Waals surface area (Å²) in [6.45, 7) is 2.76. The van der Waals surface area contributed by atoms with Crippen LogP contribution < -0.4 is 0 Å². The Labute approximate surface area is 160 Å². The molecule has 1 aliphatic heterocycles. The van der Waals surface area contributed by atoms with E-state index >= 15 is 0 Å². The number of halogens is 1. The molecule has 0 N–H and O–H groups in total. The third kappa shape index (κ3) is 4.07. The van der Waals surface area contributed by atoms with Gasteiger partial charge in [0.2, 0.25) is 5.91 Å². The van der Waals surface area contributed by atoms with E-state index in [1.54, 1.807) is 0 Å². The van der Waals surface area contributed by atoms with Crippen molar-refractivity contribution in [3.63, 3.8) is 0 Å². The first-order valence-electron chi connectivity index (χ1n) is 9.13. The molecule has 1 saturated heterocycles. The molecule has 1 amide bonds. The van der Waals surface area contributed by atoms with Crippen molar-refractivity contribution in [1.82, 2.24) is 4.90 Å². The number of rotatable bonds is 5. The van der Waals surface area contributed by atoms with Crippen molar-refractivity contribution in [2.75, 3.05) is 19.4 Å². The average molecular weight is 400 g/mol. The van der Waals surface area contributed by atoms with Crippen molar-refractivity contribution >= 4 is 27.6 Å². The van der Waals surface area contributed by atoms with Gasteiger partial charge in [-0.2, -0.15) is 8.42 Å². The molecule has 1 saturated carbocycles. The third-order valence-corrected chi connectivity index (χ3v) is 6.59. The highest BCUT2D eigenvalue weighted by molar-refractivity contribution is 7.85. The summed E-state index contributed by atoms with van der Waals surface area (Å²) in [5.41, 5.74) is 0.568. The van der Waals surface area contributed by atoms with E-state index < -0.39 is 15.5 Å². The van der Waals surface area contributed by atoms with Gasteiger partial charge in [0.25, 0.3) is 10.1 Å². The Morgan fingerprint density at radius 2 is 1.92 bits per heavy atom. The first-order valence-corrected chi connectivity index (χ1v) is 11.3. The largest absolute Gasteiger partial charge is 0.339 e. The molecule has 3 rings (SSSR count). The maximum atomic E-state index is 13.5. The predicted molar refractivity (Wildman–Crippen MR) is 102 cm³/mol. The minimum absolute atomic E-state index is 0.0484. The fraction of sp³-hybridized carbons (Fsp3) is 0.632. The van der Waals surface area contributed by atoms with Crippen LogP contribution in [-0.2, 0) is 24.5 Å². The number of hydrogen-bond donors (Lipinski definition) is 0. The van der Waals surface area contributed by atoms with E-state index in [0.29, 0.717) is 11.6 Å². The van der Waals surface area contributed by atoms with Gasteiger partial charge in [0.15, 0.2) is 0 Å². The van der Waals surface area contributed by atoms with E-state index in [9.17, 15) is 13.2 Å². The topological polar surface area (TPSA) is 63.7 Å². The molecule has 144 valence electrons. The van der Waals surface area contributed by atoms with Crippen molar-refractivity contribution in [2.24, 2.45) is 5.92 Å². The van der Waals surface area contributed by atoms with E-state index in [4.69, 9.17) is 15.8 Å². The second kappa shape index (κ2) is 7.49. The number of piperidine rings is 1. The summed E-state index contributed by atoms with van der Waals surface area (Å²) < 4.78 is 27.5. The first-order chi connectivity index (χ1) is 12.2. The van der Waals surface area contributed by atoms with Gasteiger partial charge in [-0.25, -0.2) is 0 Å². The van der Waals surface area contributed by atoms with Gasteiger partial charge in [-0.3, -0.25) is 8.98 Å². The molecule has 0 aromatic heterocycles. The number of carbonyl (C=O) groups is 1. The quantitative estimate of drug-likeness (QED) is 0.712. The summed E-state index contributed by atoms with van der Waals surface area (Å²) in [6.07, 6.45) is 5.53. The van der Waals surface area contributed by atoms with Crippen molar-refractivity contribution < 1.29 is 17.4 Å². The summed E-state index contributed by atoms with van der Waals surface area (Å²) in [6, 6.07) is 7.75. The Kier molecular flexibility index (Phi) is 5.66. The van der Waals surface area contributed by atoms with Crippen molar-refractivity contribution in [1.29, 1.82) is 0 Å². The highest BCUT2D eigenvalue weighted by atomic mass is 35.5. The maximum Gasteiger partial charge on any atom is 0.264 e. The Balaban J connectivity index is 1.76. The lowest BCUT2D eigenvalue weighted by Crippen LogP contribution is -2.56. The van der Waals surface area contributed by atoms with Gasteiger partial charge < -0.3 is 4.90 Å². The van der Waals surface area contributed by atoms with Crippen LogP contribution in [0.4, 0.5) is 0 Å². The molecule has 0 unspecified atom stereocenters. The number of nitrogens with zero attached hydrogens (tertiary/aromatic N) is 1. The standard InChI is InChI=1S/C19H26ClNO4S/c1-14-4-5-15(13-25-26(2,23)24)12-21(14)18(22)19(10-3-11-19)16-6-8-17(20)9-7-16/h6-9,14-15H,3-5,10-13H2,1-2H3/t14-,15+/m0/s1. The van der Waals surface area contributed by atoms with Gasteiger partial charge in [0.1, 0.15) is 0 Å². The summed E-state index contributed by atoms with van der Waals surface area (Å²) in [5, 5.41) is 0.667. The third-order valence-electron chi connectivity index (χ3n) is 5.77. The summed E-state index contributed by atoms with van der Waals surface area (Å²) in [4.78, 5) is 15.4. The smallest absolute Gasteiger partial charge is 0.264 e. The zero-order chi connectivity index (χ0) is 18.9.